The molecule has 0 heterocycles. The number of halogens is 1. The Labute approximate surface area is 126 Å². The molecule has 0 atom stereocenters. The summed E-state index contributed by atoms with van der Waals surface area (Å²) in [5.74, 6) is -0.0532. The second-order valence-corrected chi connectivity index (χ2v) is 5.69. The molecule has 0 unspecified atom stereocenters. The van der Waals surface area contributed by atoms with Gasteiger partial charge in [0.25, 0.3) is 0 Å². The Morgan fingerprint density at radius 1 is 1.40 bits per heavy atom. The van der Waals surface area contributed by atoms with Crippen molar-refractivity contribution >= 4 is 23.2 Å². The van der Waals surface area contributed by atoms with Crippen LogP contribution in [0.4, 0.5) is 5.69 Å². The zero-order chi connectivity index (χ0) is 15.1. The minimum atomic E-state index is -0.0532. The summed E-state index contributed by atoms with van der Waals surface area (Å²) in [6, 6.07) is 5.98. The van der Waals surface area contributed by atoms with Crippen molar-refractivity contribution in [2.24, 2.45) is 0 Å². The minimum absolute atomic E-state index is 0.0532. The SMILES string of the molecule is Cc1ccc(Cl)cc1NC(=O)CNCCN(C)C(C)C. The van der Waals surface area contributed by atoms with E-state index in [-0.39, 0.29) is 5.91 Å². The van der Waals surface area contributed by atoms with Gasteiger partial charge in [-0.25, -0.2) is 0 Å². The fourth-order valence-corrected chi connectivity index (χ4v) is 1.81. The van der Waals surface area contributed by atoms with E-state index in [2.05, 4.69) is 36.4 Å². The first-order chi connectivity index (χ1) is 9.40. The Morgan fingerprint density at radius 3 is 2.75 bits per heavy atom. The van der Waals surface area contributed by atoms with E-state index >= 15 is 0 Å². The Kier molecular flexibility index (Phi) is 6.99. The molecule has 0 aromatic heterocycles. The van der Waals surface area contributed by atoms with E-state index in [1.54, 1.807) is 6.07 Å². The number of hydrogen-bond donors (Lipinski definition) is 2. The molecule has 0 aliphatic rings. The predicted molar refractivity (Wildman–Crippen MR) is 85.5 cm³/mol. The number of hydrogen-bond acceptors (Lipinski definition) is 3. The largest absolute Gasteiger partial charge is 0.325 e. The summed E-state index contributed by atoms with van der Waals surface area (Å²) >= 11 is 5.92. The highest BCUT2D eigenvalue weighted by molar-refractivity contribution is 6.31. The van der Waals surface area contributed by atoms with Crippen LogP contribution in [0, 0.1) is 6.92 Å². The molecule has 0 fully saturated rings. The maximum absolute atomic E-state index is 11.8. The van der Waals surface area contributed by atoms with Crippen LogP contribution in [0.3, 0.4) is 0 Å². The molecule has 0 bridgehead atoms. The predicted octanol–water partition coefficient (Wildman–Crippen LogP) is 2.52. The molecule has 2 N–H and O–H groups in total. The molecule has 20 heavy (non-hydrogen) atoms. The standard InChI is InChI=1S/C15H24ClN3O/c1-11(2)19(4)8-7-17-10-15(20)18-14-9-13(16)6-5-12(14)3/h5-6,9,11,17H,7-8,10H2,1-4H3,(H,18,20). The number of carbonyl (C=O) groups is 1. The number of nitrogens with one attached hydrogen (secondary N) is 2. The van der Waals surface area contributed by atoms with Crippen molar-refractivity contribution in [3.05, 3.63) is 28.8 Å². The molecular formula is C15H24ClN3O. The molecule has 1 aromatic rings. The molecule has 0 saturated heterocycles. The molecule has 1 rings (SSSR count). The first-order valence-electron chi connectivity index (χ1n) is 6.87. The lowest BCUT2D eigenvalue weighted by atomic mass is 10.2. The molecule has 1 aromatic carbocycles. The lowest BCUT2D eigenvalue weighted by Gasteiger charge is -2.20. The van der Waals surface area contributed by atoms with Gasteiger partial charge in [0.05, 0.1) is 6.54 Å². The van der Waals surface area contributed by atoms with E-state index in [4.69, 9.17) is 11.6 Å². The van der Waals surface area contributed by atoms with E-state index < -0.39 is 0 Å². The number of aryl methyl sites for hydroxylation is 1. The van der Waals surface area contributed by atoms with E-state index in [0.717, 1.165) is 24.3 Å². The summed E-state index contributed by atoms with van der Waals surface area (Å²) in [5.41, 5.74) is 1.77. The van der Waals surface area contributed by atoms with Crippen LogP contribution >= 0.6 is 11.6 Å². The Hall–Kier alpha value is -1.10. The average molecular weight is 298 g/mol. The number of rotatable bonds is 7. The van der Waals surface area contributed by atoms with Crippen LogP contribution < -0.4 is 10.6 Å². The van der Waals surface area contributed by atoms with Crippen LogP contribution in [0.25, 0.3) is 0 Å². The van der Waals surface area contributed by atoms with Crippen molar-refractivity contribution in [2.75, 3.05) is 32.0 Å². The number of likely N-dealkylation sites (N-methyl/N-ethyl adjacent to an activating group) is 1. The lowest BCUT2D eigenvalue weighted by molar-refractivity contribution is -0.115. The van der Waals surface area contributed by atoms with Gasteiger partial charge in [-0.05, 0) is 45.5 Å². The van der Waals surface area contributed by atoms with Gasteiger partial charge in [-0.1, -0.05) is 17.7 Å². The molecule has 0 saturated carbocycles. The third-order valence-electron chi connectivity index (χ3n) is 3.28. The average Bonchev–Trinajstić information content (AvgIpc) is 2.38. The Morgan fingerprint density at radius 2 is 2.10 bits per heavy atom. The van der Waals surface area contributed by atoms with Gasteiger partial charge in [-0.2, -0.15) is 0 Å². The molecule has 0 aliphatic carbocycles. The van der Waals surface area contributed by atoms with Gasteiger partial charge in [0, 0.05) is 29.8 Å². The maximum Gasteiger partial charge on any atom is 0.238 e. The number of amides is 1. The van der Waals surface area contributed by atoms with Gasteiger partial charge >= 0.3 is 0 Å². The van der Waals surface area contributed by atoms with Gasteiger partial charge in [0.15, 0.2) is 0 Å². The number of anilines is 1. The number of carbonyl (C=O) groups excluding carboxylic acids is 1. The quantitative estimate of drug-likeness (QED) is 0.760. The second kappa shape index (κ2) is 8.25. The summed E-state index contributed by atoms with van der Waals surface area (Å²) in [7, 11) is 2.07. The molecular weight excluding hydrogens is 274 g/mol. The van der Waals surface area contributed by atoms with Gasteiger partial charge in [0.2, 0.25) is 5.91 Å². The topological polar surface area (TPSA) is 44.4 Å². The molecule has 4 nitrogen and oxygen atoms in total. The minimum Gasteiger partial charge on any atom is -0.325 e. The third-order valence-corrected chi connectivity index (χ3v) is 3.52. The fourth-order valence-electron chi connectivity index (χ4n) is 1.64. The van der Waals surface area contributed by atoms with Gasteiger partial charge in [-0.3, -0.25) is 4.79 Å². The van der Waals surface area contributed by atoms with Crippen molar-refractivity contribution in [3.8, 4) is 0 Å². The number of benzene rings is 1. The summed E-state index contributed by atoms with van der Waals surface area (Å²) in [6.07, 6.45) is 0. The third kappa shape index (κ3) is 5.90. The molecule has 5 heteroatoms. The van der Waals surface area contributed by atoms with Gasteiger partial charge < -0.3 is 15.5 Å². The molecule has 0 radical (unpaired) electrons. The smallest absolute Gasteiger partial charge is 0.238 e. The number of nitrogens with zero attached hydrogens (tertiary/aromatic N) is 1. The summed E-state index contributed by atoms with van der Waals surface area (Å²) < 4.78 is 0. The Balaban J connectivity index is 2.32. The van der Waals surface area contributed by atoms with Crippen LogP contribution in [0.15, 0.2) is 18.2 Å². The van der Waals surface area contributed by atoms with Gasteiger partial charge in [-0.15, -0.1) is 0 Å². The van der Waals surface area contributed by atoms with Crippen molar-refractivity contribution in [1.29, 1.82) is 0 Å². The van der Waals surface area contributed by atoms with Crippen molar-refractivity contribution < 1.29 is 4.79 Å². The van der Waals surface area contributed by atoms with Crippen molar-refractivity contribution in [3.63, 3.8) is 0 Å². The van der Waals surface area contributed by atoms with E-state index in [9.17, 15) is 4.79 Å². The fraction of sp³-hybridized carbons (Fsp3) is 0.533. The highest BCUT2D eigenvalue weighted by Gasteiger charge is 2.06. The van der Waals surface area contributed by atoms with Crippen molar-refractivity contribution in [1.82, 2.24) is 10.2 Å². The summed E-state index contributed by atoms with van der Waals surface area (Å²) in [4.78, 5) is 14.1. The molecule has 112 valence electrons. The first kappa shape index (κ1) is 17.0. The lowest BCUT2D eigenvalue weighted by Crippen LogP contribution is -2.36. The van der Waals surface area contributed by atoms with Gasteiger partial charge in [0.1, 0.15) is 0 Å². The monoisotopic (exact) mass is 297 g/mol. The molecule has 0 spiro atoms. The van der Waals surface area contributed by atoms with Crippen LogP contribution in [0.5, 0.6) is 0 Å². The first-order valence-corrected chi connectivity index (χ1v) is 7.25. The van der Waals surface area contributed by atoms with E-state index in [1.165, 1.54) is 0 Å². The normalized spacial score (nSPS) is 11.2. The second-order valence-electron chi connectivity index (χ2n) is 5.26. The van der Waals surface area contributed by atoms with Crippen LogP contribution in [0.1, 0.15) is 19.4 Å². The zero-order valence-electron chi connectivity index (χ0n) is 12.7. The summed E-state index contributed by atoms with van der Waals surface area (Å²) in [5, 5.41) is 6.62. The van der Waals surface area contributed by atoms with E-state index in [0.29, 0.717) is 17.6 Å². The molecule has 1 amide bonds. The Bertz CT molecular complexity index is 449. The highest BCUT2D eigenvalue weighted by Crippen LogP contribution is 2.19. The highest BCUT2D eigenvalue weighted by atomic mass is 35.5. The van der Waals surface area contributed by atoms with Crippen LogP contribution in [-0.2, 0) is 4.79 Å². The van der Waals surface area contributed by atoms with Crippen molar-refractivity contribution in [2.45, 2.75) is 26.8 Å². The summed E-state index contributed by atoms with van der Waals surface area (Å²) in [6.45, 7) is 8.25. The molecule has 0 aliphatic heterocycles. The van der Waals surface area contributed by atoms with Crippen LogP contribution in [0.2, 0.25) is 5.02 Å². The maximum atomic E-state index is 11.8. The van der Waals surface area contributed by atoms with E-state index in [1.807, 2.05) is 19.1 Å². The van der Waals surface area contributed by atoms with Crippen LogP contribution in [-0.4, -0.2) is 43.5 Å². The zero-order valence-corrected chi connectivity index (χ0v) is 13.4.